The van der Waals surface area contributed by atoms with Gasteiger partial charge in [-0.25, -0.2) is 4.79 Å². The third-order valence-corrected chi connectivity index (χ3v) is 4.28. The van der Waals surface area contributed by atoms with Gasteiger partial charge in [0, 0.05) is 0 Å². The van der Waals surface area contributed by atoms with E-state index in [-0.39, 0.29) is 6.61 Å². The van der Waals surface area contributed by atoms with Crippen LogP contribution in [0.1, 0.15) is 32.1 Å². The van der Waals surface area contributed by atoms with Crippen molar-refractivity contribution in [1.82, 2.24) is 5.32 Å². The van der Waals surface area contributed by atoms with Crippen LogP contribution in [0.3, 0.4) is 0 Å². The van der Waals surface area contributed by atoms with Crippen LogP contribution in [0.5, 0.6) is 11.5 Å². The molecule has 6 nitrogen and oxygen atoms in total. The molecule has 1 amide bonds. The van der Waals surface area contributed by atoms with Crippen LogP contribution >= 0.6 is 0 Å². The highest BCUT2D eigenvalue weighted by atomic mass is 16.6. The number of carboxylic acids is 1. The summed E-state index contributed by atoms with van der Waals surface area (Å²) in [6, 6.07) is 7.11. The maximum absolute atomic E-state index is 12.4. The van der Waals surface area contributed by atoms with Crippen LogP contribution in [0, 0.1) is 0 Å². The molecule has 0 bridgehead atoms. The van der Waals surface area contributed by atoms with Crippen LogP contribution in [0.15, 0.2) is 24.3 Å². The van der Waals surface area contributed by atoms with Crippen LogP contribution < -0.4 is 14.8 Å². The fourth-order valence-electron chi connectivity index (χ4n) is 3.01. The summed E-state index contributed by atoms with van der Waals surface area (Å²) in [6.07, 6.45) is 2.69. The molecule has 1 heterocycles. The highest BCUT2D eigenvalue weighted by molar-refractivity contribution is 5.89. The largest absolute Gasteiger partial charge is 0.485 e. The highest BCUT2D eigenvalue weighted by Crippen LogP contribution is 2.32. The standard InChI is InChI=1S/C16H19NO5/c18-14(17-16(15(19)20)8-4-1-5-9-16)13-10-21-11-6-2-3-7-12(11)22-13/h2-3,6-7,13H,1,4-5,8-10H2,(H,17,18)(H,19,20). The van der Waals surface area contributed by atoms with E-state index in [1.54, 1.807) is 18.2 Å². The number of carbonyl (C=O) groups excluding carboxylic acids is 1. The lowest BCUT2D eigenvalue weighted by Crippen LogP contribution is -2.59. The van der Waals surface area contributed by atoms with Crippen molar-refractivity contribution >= 4 is 11.9 Å². The van der Waals surface area contributed by atoms with Crippen molar-refractivity contribution in [1.29, 1.82) is 0 Å². The van der Waals surface area contributed by atoms with E-state index in [4.69, 9.17) is 9.47 Å². The molecular formula is C16H19NO5. The number of carbonyl (C=O) groups is 2. The van der Waals surface area contributed by atoms with Gasteiger partial charge in [-0.2, -0.15) is 0 Å². The number of aliphatic carboxylic acids is 1. The molecule has 2 aliphatic rings. The normalized spacial score (nSPS) is 22.6. The van der Waals surface area contributed by atoms with Crippen molar-refractivity contribution in [2.75, 3.05) is 6.61 Å². The topological polar surface area (TPSA) is 84.9 Å². The molecular weight excluding hydrogens is 286 g/mol. The SMILES string of the molecule is O=C(NC1(C(=O)O)CCCCC1)C1COc2ccccc2O1. The van der Waals surface area contributed by atoms with Gasteiger partial charge in [0.1, 0.15) is 12.1 Å². The summed E-state index contributed by atoms with van der Waals surface area (Å²) in [5.41, 5.74) is -1.17. The predicted molar refractivity (Wildman–Crippen MR) is 77.9 cm³/mol. The lowest BCUT2D eigenvalue weighted by atomic mass is 9.81. The summed E-state index contributed by atoms with van der Waals surface area (Å²) in [5, 5.41) is 12.2. The fourth-order valence-corrected chi connectivity index (χ4v) is 3.01. The monoisotopic (exact) mass is 305 g/mol. The van der Waals surface area contributed by atoms with Crippen molar-refractivity contribution in [3.63, 3.8) is 0 Å². The molecule has 1 aromatic carbocycles. The predicted octanol–water partition coefficient (Wildman–Crippen LogP) is 1.73. The first-order chi connectivity index (χ1) is 10.6. The molecule has 1 unspecified atom stereocenters. The van der Waals surface area contributed by atoms with Gasteiger partial charge >= 0.3 is 5.97 Å². The van der Waals surface area contributed by atoms with Gasteiger partial charge in [-0.05, 0) is 25.0 Å². The number of amides is 1. The molecule has 1 atom stereocenters. The Morgan fingerprint density at radius 3 is 2.50 bits per heavy atom. The summed E-state index contributed by atoms with van der Waals surface area (Å²) in [7, 11) is 0. The van der Waals surface area contributed by atoms with Crippen molar-refractivity contribution in [2.45, 2.75) is 43.7 Å². The van der Waals surface area contributed by atoms with Crippen LogP contribution in [0.4, 0.5) is 0 Å². The Morgan fingerprint density at radius 2 is 1.82 bits per heavy atom. The van der Waals surface area contributed by atoms with Crippen molar-refractivity contribution in [3.05, 3.63) is 24.3 Å². The Labute approximate surface area is 128 Å². The van der Waals surface area contributed by atoms with Crippen LogP contribution in [-0.4, -0.2) is 35.2 Å². The van der Waals surface area contributed by atoms with Gasteiger partial charge in [-0.1, -0.05) is 31.4 Å². The lowest BCUT2D eigenvalue weighted by molar-refractivity contribution is -0.151. The molecule has 1 aliphatic heterocycles. The highest BCUT2D eigenvalue weighted by Gasteiger charge is 2.43. The second-order valence-electron chi connectivity index (χ2n) is 5.80. The van der Waals surface area contributed by atoms with E-state index in [0.717, 1.165) is 19.3 Å². The molecule has 22 heavy (non-hydrogen) atoms. The van der Waals surface area contributed by atoms with Gasteiger partial charge < -0.3 is 19.9 Å². The number of rotatable bonds is 3. The van der Waals surface area contributed by atoms with Crippen LogP contribution in [0.25, 0.3) is 0 Å². The molecule has 2 N–H and O–H groups in total. The molecule has 6 heteroatoms. The average molecular weight is 305 g/mol. The molecule has 118 valence electrons. The summed E-state index contributed by atoms with van der Waals surface area (Å²) < 4.78 is 11.1. The molecule has 3 rings (SSSR count). The van der Waals surface area contributed by atoms with E-state index < -0.39 is 23.5 Å². The minimum Gasteiger partial charge on any atom is -0.485 e. The second kappa shape index (κ2) is 5.87. The number of benzene rings is 1. The van der Waals surface area contributed by atoms with E-state index in [1.165, 1.54) is 0 Å². The molecule has 0 saturated heterocycles. The molecule has 1 fully saturated rings. The first kappa shape index (κ1) is 14.7. The zero-order valence-electron chi connectivity index (χ0n) is 12.2. The van der Waals surface area contributed by atoms with Crippen molar-refractivity contribution in [3.8, 4) is 11.5 Å². The first-order valence-corrected chi connectivity index (χ1v) is 7.55. The average Bonchev–Trinajstić information content (AvgIpc) is 2.55. The zero-order valence-corrected chi connectivity index (χ0v) is 12.2. The maximum Gasteiger partial charge on any atom is 0.329 e. The molecule has 1 saturated carbocycles. The molecule has 0 radical (unpaired) electrons. The quantitative estimate of drug-likeness (QED) is 0.888. The number of nitrogens with one attached hydrogen (secondary N) is 1. The van der Waals surface area contributed by atoms with E-state index >= 15 is 0 Å². The Kier molecular flexibility index (Phi) is 3.92. The third kappa shape index (κ3) is 2.73. The minimum absolute atomic E-state index is 0.0819. The van der Waals surface area contributed by atoms with Crippen molar-refractivity contribution in [2.24, 2.45) is 0 Å². The van der Waals surface area contributed by atoms with Gasteiger partial charge in [0.05, 0.1) is 0 Å². The number of ether oxygens (including phenoxy) is 2. The number of hydrogen-bond acceptors (Lipinski definition) is 4. The summed E-state index contributed by atoms with van der Waals surface area (Å²) in [4.78, 5) is 24.0. The summed E-state index contributed by atoms with van der Waals surface area (Å²) >= 11 is 0. The van der Waals surface area contributed by atoms with Crippen LogP contribution in [0.2, 0.25) is 0 Å². The Morgan fingerprint density at radius 1 is 1.14 bits per heavy atom. The van der Waals surface area contributed by atoms with Gasteiger partial charge in [0.25, 0.3) is 5.91 Å². The Bertz CT molecular complexity index is 580. The van der Waals surface area contributed by atoms with E-state index in [1.807, 2.05) is 6.07 Å². The first-order valence-electron chi connectivity index (χ1n) is 7.55. The fraction of sp³-hybridized carbons (Fsp3) is 0.500. The van der Waals surface area contributed by atoms with Gasteiger partial charge in [0.2, 0.25) is 6.10 Å². The zero-order chi connectivity index (χ0) is 15.6. The smallest absolute Gasteiger partial charge is 0.329 e. The van der Waals surface area contributed by atoms with E-state index in [0.29, 0.717) is 24.3 Å². The summed E-state index contributed by atoms with van der Waals surface area (Å²) in [5.74, 6) is -0.310. The van der Waals surface area contributed by atoms with Crippen LogP contribution in [-0.2, 0) is 9.59 Å². The summed E-state index contributed by atoms with van der Waals surface area (Å²) in [6.45, 7) is 0.0819. The Balaban J connectivity index is 1.70. The lowest BCUT2D eigenvalue weighted by Gasteiger charge is -2.35. The number of para-hydroxylation sites is 2. The van der Waals surface area contributed by atoms with Gasteiger partial charge in [0.15, 0.2) is 11.5 Å². The minimum atomic E-state index is -1.17. The maximum atomic E-state index is 12.4. The molecule has 0 spiro atoms. The second-order valence-corrected chi connectivity index (χ2v) is 5.80. The molecule has 1 aliphatic carbocycles. The number of fused-ring (bicyclic) bond motifs is 1. The van der Waals surface area contributed by atoms with Gasteiger partial charge in [-0.3, -0.25) is 4.79 Å². The third-order valence-electron chi connectivity index (χ3n) is 4.28. The Hall–Kier alpha value is -2.24. The van der Waals surface area contributed by atoms with Gasteiger partial charge in [-0.15, -0.1) is 0 Å². The number of hydrogen-bond donors (Lipinski definition) is 2. The van der Waals surface area contributed by atoms with Crippen molar-refractivity contribution < 1.29 is 24.2 Å². The number of carboxylic acid groups (broad SMARTS) is 1. The van der Waals surface area contributed by atoms with E-state index in [9.17, 15) is 14.7 Å². The molecule has 1 aromatic rings. The van der Waals surface area contributed by atoms with E-state index in [2.05, 4.69) is 5.32 Å². The molecule has 0 aromatic heterocycles.